The molecule has 5 rings (SSSR count). The van der Waals surface area contributed by atoms with E-state index in [-0.39, 0.29) is 142 Å². The Morgan fingerprint density at radius 2 is 0.559 bits per heavy atom. The number of methoxy groups -OCH3 is 2. The molecule has 3 aromatic carbocycles. The second-order valence-electron chi connectivity index (χ2n) is 26.0. The molecule has 2 aliphatic carbocycles. The van der Waals surface area contributed by atoms with Gasteiger partial charge in [0.15, 0.2) is 23.8 Å². The molecule has 0 bridgehead atoms. The number of rotatable bonds is 46. The number of hydrogen-bond donors (Lipinski definition) is 18. The number of carbonyl (C=O) groups excluding carboxylic acids is 6. The van der Waals surface area contributed by atoms with E-state index in [4.69, 9.17) is 73.0 Å². The summed E-state index contributed by atoms with van der Waals surface area (Å²) < 4.78 is 36.4. The fourth-order valence-electron chi connectivity index (χ4n) is 11.6. The van der Waals surface area contributed by atoms with Crippen molar-refractivity contribution >= 4 is 59.3 Å². The number of carbonyl (C=O) groups is 6. The minimum atomic E-state index is -0.467. The summed E-state index contributed by atoms with van der Waals surface area (Å²) in [5, 5.41) is 59.3. The van der Waals surface area contributed by atoms with Crippen LogP contribution >= 0.6 is 0 Å². The zero-order valence-electron chi connectivity index (χ0n) is 60.5. The van der Waals surface area contributed by atoms with E-state index in [1.165, 1.54) is 38.5 Å². The van der Waals surface area contributed by atoms with Crippen molar-refractivity contribution in [2.45, 2.75) is 153 Å². The Morgan fingerprint density at radius 3 is 0.784 bits per heavy atom. The molecule has 0 aromatic heterocycles. The number of nitrogens with zero attached hydrogens (tertiary/aromatic N) is 2. The lowest BCUT2D eigenvalue weighted by molar-refractivity contribution is 0.0882. The Kier molecular flexibility index (Phi) is 36.8. The molecule has 102 heavy (non-hydrogen) atoms. The third-order valence-corrected chi connectivity index (χ3v) is 17.2. The molecule has 0 heterocycles. The average Bonchev–Trinajstić information content (AvgIpc) is 0.814. The first-order valence-corrected chi connectivity index (χ1v) is 35.5. The highest BCUT2D eigenvalue weighted by molar-refractivity contribution is 6.05. The number of nitrogens with two attached hydrogens (primary N) is 4. The lowest BCUT2D eigenvalue weighted by Crippen LogP contribution is -2.44. The Morgan fingerprint density at radius 1 is 0.333 bits per heavy atom. The zero-order valence-corrected chi connectivity index (χ0v) is 60.5. The molecule has 0 aliphatic heterocycles. The molecular formula is C70H114N20O12. The molecule has 32 nitrogen and oxygen atoms in total. The van der Waals surface area contributed by atoms with Gasteiger partial charge in [-0.3, -0.25) is 50.4 Å². The zero-order chi connectivity index (χ0) is 74.3. The molecule has 566 valence electrons. The van der Waals surface area contributed by atoms with Crippen molar-refractivity contribution < 1.29 is 57.2 Å². The number of nitrogens with one attached hydrogen (secondary N) is 14. The van der Waals surface area contributed by atoms with Gasteiger partial charge in [0.05, 0.1) is 74.0 Å². The van der Waals surface area contributed by atoms with Gasteiger partial charge < -0.3 is 114 Å². The van der Waals surface area contributed by atoms with Gasteiger partial charge in [0.1, 0.15) is 34.5 Å². The standard InChI is InChI=1S/C70H114N20O12/c1-89(2)33-31-79-61(91)51-40-53(59(101-37-17-9-13-29-83-69(75)76)43-57(51)99-35-15-7-11-27-81-67(71)72)65(95)87-47-23-19-45(20-24-47)85-63(93)49-39-50(56(98-6)42-55(49)97-5)64(94)86-46-21-25-48(26-22-46)88-66(96)54-41-52(62(92)80-32-34-90(3)4)58(100-36-16-8-12-28-82-68(73)74)44-60(54)102-38-18-10-14-30-84-70(77)78/h39-48H,7-38H2,1-6H3,(H,79,91)(H,80,92)(H,85,93)(H,86,94)(H,87,95)(H,88,96)(H4,71,72,81)(H4,73,74,82)(H4,75,76,83)(H4,77,78,84). The summed E-state index contributed by atoms with van der Waals surface area (Å²) in [5.74, 6) is -1.64. The van der Waals surface area contributed by atoms with E-state index >= 15 is 0 Å². The maximum Gasteiger partial charge on any atom is 0.255 e. The van der Waals surface area contributed by atoms with E-state index < -0.39 is 35.4 Å². The molecule has 6 amide bonds. The number of likely N-dealkylation sites (N-methyl/N-ethyl adjacent to an activating group) is 2. The van der Waals surface area contributed by atoms with Crippen LogP contribution in [0.4, 0.5) is 0 Å². The highest BCUT2D eigenvalue weighted by Gasteiger charge is 2.32. The summed E-state index contributed by atoms with van der Waals surface area (Å²) in [4.78, 5) is 89.0. The van der Waals surface area contributed by atoms with E-state index in [0.717, 1.165) is 51.4 Å². The minimum absolute atomic E-state index is 0.0988. The Balaban J connectivity index is 1.25. The van der Waals surface area contributed by atoms with Gasteiger partial charge >= 0.3 is 0 Å². The van der Waals surface area contributed by atoms with Crippen molar-refractivity contribution in [3.05, 3.63) is 69.8 Å². The molecule has 2 fully saturated rings. The van der Waals surface area contributed by atoms with Crippen LogP contribution in [-0.2, 0) is 0 Å². The number of unbranched alkanes of at least 4 members (excludes halogenated alkanes) is 8. The van der Waals surface area contributed by atoms with E-state index in [1.807, 2.05) is 38.0 Å². The summed E-state index contributed by atoms with van der Waals surface area (Å²) in [6.45, 7) is 5.06. The third-order valence-electron chi connectivity index (χ3n) is 17.2. The van der Waals surface area contributed by atoms with Crippen molar-refractivity contribution in [3.8, 4) is 34.5 Å². The normalized spacial score (nSPS) is 15.5. The molecule has 22 N–H and O–H groups in total. The maximum absolute atomic E-state index is 14.4. The SMILES string of the molecule is COc1cc(OC)c(C(=O)NC2CCC(NC(=O)c3cc(C(=O)NCCN(C)C)c(OCCCCCNC(=N)N)cc3OCCCCCNC(=N)N)CC2)cc1C(=O)NC1CCC(NC(=O)c2cc(C(=O)NCCN(C)C)c(OCCCCCNC(=N)N)cc2OCCCCCNC(=N)N)CC1. The van der Waals surface area contributed by atoms with Crippen molar-refractivity contribution in [1.29, 1.82) is 21.6 Å². The van der Waals surface area contributed by atoms with Gasteiger partial charge in [-0.25, -0.2) is 0 Å². The lowest BCUT2D eigenvalue weighted by Gasteiger charge is -2.30. The predicted octanol–water partition coefficient (Wildman–Crippen LogP) is 3.36. The molecule has 0 saturated heterocycles. The summed E-state index contributed by atoms with van der Waals surface area (Å²) in [5.41, 5.74) is 22.7. The number of benzene rings is 3. The van der Waals surface area contributed by atoms with Crippen molar-refractivity contribution in [1.82, 2.24) is 63.0 Å². The van der Waals surface area contributed by atoms with Crippen molar-refractivity contribution in [2.75, 3.05) is 121 Å². The molecule has 0 unspecified atom stereocenters. The monoisotopic (exact) mass is 1430 g/mol. The van der Waals surface area contributed by atoms with Crippen LogP contribution in [0.5, 0.6) is 34.5 Å². The van der Waals surface area contributed by atoms with E-state index in [0.29, 0.717) is 129 Å². The predicted molar refractivity (Wildman–Crippen MR) is 393 cm³/mol. The fourth-order valence-corrected chi connectivity index (χ4v) is 11.6. The Labute approximate surface area is 599 Å². The smallest absolute Gasteiger partial charge is 0.255 e. The number of amides is 6. The minimum Gasteiger partial charge on any atom is -0.496 e. The fraction of sp³-hybridized carbons (Fsp3) is 0.600. The molecular weight excluding hydrogens is 1310 g/mol. The van der Waals surface area contributed by atoms with Gasteiger partial charge in [0.2, 0.25) is 0 Å². The van der Waals surface area contributed by atoms with Crippen LogP contribution < -0.4 is 105 Å². The molecule has 0 radical (unpaired) electrons. The highest BCUT2D eigenvalue weighted by atomic mass is 16.5. The first-order chi connectivity index (χ1) is 49.0. The van der Waals surface area contributed by atoms with Gasteiger partial charge in [0, 0.05) is 94.7 Å². The molecule has 2 aliphatic rings. The summed E-state index contributed by atoms with van der Waals surface area (Å²) in [6.07, 6.45) is 12.6. The topological polar surface area (TPSA) is 484 Å². The van der Waals surface area contributed by atoms with Crippen LogP contribution in [-0.4, -0.2) is 214 Å². The second kappa shape index (κ2) is 45.2. The molecule has 3 aromatic rings. The van der Waals surface area contributed by atoms with Gasteiger partial charge in [-0.1, -0.05) is 0 Å². The molecule has 0 atom stereocenters. The first kappa shape index (κ1) is 82.9. The van der Waals surface area contributed by atoms with Crippen molar-refractivity contribution in [3.63, 3.8) is 0 Å². The number of guanidine groups is 4. The van der Waals surface area contributed by atoms with Crippen LogP contribution in [0.15, 0.2) is 36.4 Å². The summed E-state index contributed by atoms with van der Waals surface area (Å²) >= 11 is 0. The average molecular weight is 1430 g/mol. The highest BCUT2D eigenvalue weighted by Crippen LogP contribution is 2.35. The van der Waals surface area contributed by atoms with E-state index in [9.17, 15) is 28.8 Å². The summed E-state index contributed by atoms with van der Waals surface area (Å²) in [7, 11) is 10.4. The Bertz CT molecular complexity index is 3020. The third kappa shape index (κ3) is 30.2. The van der Waals surface area contributed by atoms with Crippen LogP contribution in [0.3, 0.4) is 0 Å². The van der Waals surface area contributed by atoms with Crippen LogP contribution in [0.1, 0.15) is 191 Å². The van der Waals surface area contributed by atoms with Gasteiger partial charge in [-0.15, -0.1) is 0 Å². The molecule has 2 saturated carbocycles. The van der Waals surface area contributed by atoms with Gasteiger partial charge in [-0.2, -0.15) is 0 Å². The van der Waals surface area contributed by atoms with Crippen LogP contribution in [0, 0.1) is 21.6 Å². The first-order valence-electron chi connectivity index (χ1n) is 35.5. The van der Waals surface area contributed by atoms with Gasteiger partial charge in [-0.05, 0) is 175 Å². The van der Waals surface area contributed by atoms with Crippen molar-refractivity contribution in [2.24, 2.45) is 22.9 Å². The number of hydrogen-bond acceptors (Lipinski definition) is 18. The van der Waals surface area contributed by atoms with Crippen LogP contribution in [0.25, 0.3) is 0 Å². The maximum atomic E-state index is 14.4. The lowest BCUT2D eigenvalue weighted by atomic mass is 9.90. The second-order valence-corrected chi connectivity index (χ2v) is 26.0. The molecule has 0 spiro atoms. The Hall–Kier alpha value is -9.72. The van der Waals surface area contributed by atoms with E-state index in [1.54, 1.807) is 12.1 Å². The number of ether oxygens (including phenoxy) is 6. The summed E-state index contributed by atoms with van der Waals surface area (Å²) in [6, 6.07) is 8.02. The largest absolute Gasteiger partial charge is 0.496 e. The quantitative estimate of drug-likeness (QED) is 0.0219. The van der Waals surface area contributed by atoms with E-state index in [2.05, 4.69) is 53.2 Å². The molecule has 32 heteroatoms. The van der Waals surface area contributed by atoms with Gasteiger partial charge in [0.25, 0.3) is 35.4 Å². The van der Waals surface area contributed by atoms with Crippen LogP contribution in [0.2, 0.25) is 0 Å².